The summed E-state index contributed by atoms with van der Waals surface area (Å²) in [5.41, 5.74) is 3.99. The van der Waals surface area contributed by atoms with Crippen molar-refractivity contribution in [1.29, 1.82) is 0 Å². The predicted octanol–water partition coefficient (Wildman–Crippen LogP) is 4.27. The van der Waals surface area contributed by atoms with Gasteiger partial charge in [0, 0.05) is 3.57 Å². The van der Waals surface area contributed by atoms with E-state index in [1.165, 1.54) is 20.3 Å². The minimum atomic E-state index is 1.31. The summed E-state index contributed by atoms with van der Waals surface area (Å²) in [4.78, 5) is 0. The van der Waals surface area contributed by atoms with E-state index in [0.29, 0.717) is 0 Å². The number of halogens is 1. The third kappa shape index (κ3) is 1.82. The van der Waals surface area contributed by atoms with Crippen LogP contribution in [0.2, 0.25) is 0 Å². The highest BCUT2D eigenvalue weighted by Gasteiger charge is 2.03. The Balaban J connectivity index is 2.61. The summed E-state index contributed by atoms with van der Waals surface area (Å²) < 4.78 is 1.31. The van der Waals surface area contributed by atoms with E-state index in [-0.39, 0.29) is 0 Å². The maximum Gasteiger partial charge on any atom is 0.0208 e. The van der Waals surface area contributed by atoms with Crippen LogP contribution in [0, 0.1) is 10.5 Å². The molecule has 0 aromatic heterocycles. The fourth-order valence-corrected chi connectivity index (χ4v) is 2.23. The van der Waals surface area contributed by atoms with Crippen molar-refractivity contribution in [2.24, 2.45) is 0 Å². The quantitative estimate of drug-likeness (QED) is 0.689. The summed E-state index contributed by atoms with van der Waals surface area (Å²) in [7, 11) is 0. The van der Waals surface area contributed by atoms with E-state index in [4.69, 9.17) is 0 Å². The number of benzene rings is 2. The van der Waals surface area contributed by atoms with Crippen molar-refractivity contribution >= 4 is 22.6 Å². The molecule has 0 aliphatic carbocycles. The van der Waals surface area contributed by atoms with E-state index in [1.807, 2.05) is 0 Å². The molecule has 70 valence electrons. The Kier molecular flexibility index (Phi) is 2.87. The van der Waals surface area contributed by atoms with Crippen LogP contribution < -0.4 is 0 Å². The van der Waals surface area contributed by atoms with Gasteiger partial charge in [-0.1, -0.05) is 42.5 Å². The van der Waals surface area contributed by atoms with E-state index < -0.39 is 0 Å². The fraction of sp³-hybridized carbons (Fsp3) is 0.0769. The van der Waals surface area contributed by atoms with Crippen LogP contribution in [-0.4, -0.2) is 0 Å². The highest BCUT2D eigenvalue weighted by atomic mass is 127. The van der Waals surface area contributed by atoms with Crippen molar-refractivity contribution in [3.8, 4) is 11.1 Å². The number of hydrogen-bond acceptors (Lipinski definition) is 0. The number of hydrogen-bond donors (Lipinski definition) is 0. The second-order valence-corrected chi connectivity index (χ2v) is 4.46. The average Bonchev–Trinajstić information content (AvgIpc) is 2.20. The highest BCUT2D eigenvalue weighted by Crippen LogP contribution is 2.27. The maximum atomic E-state index is 2.38. The van der Waals surface area contributed by atoms with Crippen LogP contribution in [0.1, 0.15) is 5.56 Å². The molecule has 2 aromatic rings. The highest BCUT2D eigenvalue weighted by molar-refractivity contribution is 14.1. The Morgan fingerprint density at radius 1 is 0.786 bits per heavy atom. The van der Waals surface area contributed by atoms with Crippen molar-refractivity contribution < 1.29 is 0 Å². The van der Waals surface area contributed by atoms with Crippen molar-refractivity contribution in [3.05, 3.63) is 57.7 Å². The molecule has 0 atom stereocenters. The van der Waals surface area contributed by atoms with Crippen LogP contribution in [0.4, 0.5) is 0 Å². The number of aryl methyl sites for hydroxylation is 1. The van der Waals surface area contributed by atoms with Crippen LogP contribution in [0.3, 0.4) is 0 Å². The van der Waals surface area contributed by atoms with Gasteiger partial charge in [0.15, 0.2) is 0 Å². The molecule has 0 heterocycles. The molecule has 0 nitrogen and oxygen atoms in total. The first-order valence-electron chi connectivity index (χ1n) is 4.59. The smallest absolute Gasteiger partial charge is 0.0208 e. The molecular weight excluding hydrogens is 283 g/mol. The second kappa shape index (κ2) is 4.13. The Labute approximate surface area is 98.1 Å². The zero-order valence-electron chi connectivity index (χ0n) is 8.00. The lowest BCUT2D eigenvalue weighted by Gasteiger charge is -2.07. The van der Waals surface area contributed by atoms with Gasteiger partial charge in [0.1, 0.15) is 0 Å². The summed E-state index contributed by atoms with van der Waals surface area (Å²) in [5.74, 6) is 0. The van der Waals surface area contributed by atoms with E-state index >= 15 is 0 Å². The molecule has 0 spiro atoms. The lowest BCUT2D eigenvalue weighted by atomic mass is 10.0. The maximum absolute atomic E-state index is 2.38. The zero-order chi connectivity index (χ0) is 9.97. The van der Waals surface area contributed by atoms with Crippen molar-refractivity contribution in [3.63, 3.8) is 0 Å². The third-order valence-corrected chi connectivity index (χ3v) is 3.25. The molecule has 0 radical (unpaired) electrons. The van der Waals surface area contributed by atoms with E-state index in [2.05, 4.69) is 78.0 Å². The standard InChI is InChI=1S/C13H11I/c1-10-6-2-3-7-11(10)12-8-4-5-9-13(12)14/h2-9H,1H3. The van der Waals surface area contributed by atoms with E-state index in [9.17, 15) is 0 Å². The summed E-state index contributed by atoms with van der Waals surface area (Å²) in [5, 5.41) is 0. The molecule has 0 amide bonds. The summed E-state index contributed by atoms with van der Waals surface area (Å²) in [6, 6.07) is 17.0. The van der Waals surface area contributed by atoms with Crippen molar-refractivity contribution in [2.75, 3.05) is 0 Å². The monoisotopic (exact) mass is 294 g/mol. The summed E-state index contributed by atoms with van der Waals surface area (Å²) in [6.45, 7) is 2.15. The largest absolute Gasteiger partial charge is 0.0620 e. The van der Waals surface area contributed by atoms with Gasteiger partial charge in [0.05, 0.1) is 0 Å². The van der Waals surface area contributed by atoms with Crippen molar-refractivity contribution in [1.82, 2.24) is 0 Å². The number of rotatable bonds is 1. The molecule has 14 heavy (non-hydrogen) atoms. The molecule has 0 aliphatic rings. The van der Waals surface area contributed by atoms with Gasteiger partial charge in [-0.25, -0.2) is 0 Å². The molecule has 2 rings (SSSR count). The molecular formula is C13H11I. The van der Waals surface area contributed by atoms with E-state index in [0.717, 1.165) is 0 Å². The predicted molar refractivity (Wildman–Crippen MR) is 69.3 cm³/mol. The molecule has 0 bridgehead atoms. The minimum absolute atomic E-state index is 1.31. The van der Waals surface area contributed by atoms with Gasteiger partial charge in [-0.15, -0.1) is 0 Å². The molecule has 2 aromatic carbocycles. The lowest BCUT2D eigenvalue weighted by molar-refractivity contribution is 1.45. The topological polar surface area (TPSA) is 0 Å². The fourth-order valence-electron chi connectivity index (χ4n) is 1.55. The van der Waals surface area contributed by atoms with Gasteiger partial charge in [0.25, 0.3) is 0 Å². The first-order valence-corrected chi connectivity index (χ1v) is 5.67. The van der Waals surface area contributed by atoms with Gasteiger partial charge >= 0.3 is 0 Å². The molecule has 0 aliphatic heterocycles. The average molecular weight is 294 g/mol. The van der Waals surface area contributed by atoms with Gasteiger partial charge in [-0.3, -0.25) is 0 Å². The second-order valence-electron chi connectivity index (χ2n) is 3.29. The van der Waals surface area contributed by atoms with Crippen LogP contribution in [0.5, 0.6) is 0 Å². The van der Waals surface area contributed by atoms with E-state index in [1.54, 1.807) is 0 Å². The van der Waals surface area contributed by atoms with Gasteiger partial charge in [-0.05, 0) is 52.3 Å². The Morgan fingerprint density at radius 3 is 2.00 bits per heavy atom. The Bertz CT molecular complexity index is 403. The van der Waals surface area contributed by atoms with Gasteiger partial charge in [-0.2, -0.15) is 0 Å². The molecule has 0 unspecified atom stereocenters. The third-order valence-electron chi connectivity index (χ3n) is 2.31. The normalized spacial score (nSPS) is 10.1. The van der Waals surface area contributed by atoms with Crippen molar-refractivity contribution in [2.45, 2.75) is 6.92 Å². The Hall–Kier alpha value is -0.830. The Morgan fingerprint density at radius 2 is 1.36 bits per heavy atom. The lowest BCUT2D eigenvalue weighted by Crippen LogP contribution is -1.85. The van der Waals surface area contributed by atoms with Crippen LogP contribution in [0.25, 0.3) is 11.1 Å². The van der Waals surface area contributed by atoms with Crippen LogP contribution in [0.15, 0.2) is 48.5 Å². The molecule has 0 saturated heterocycles. The first kappa shape index (κ1) is 9.71. The van der Waals surface area contributed by atoms with Gasteiger partial charge in [0.2, 0.25) is 0 Å². The summed E-state index contributed by atoms with van der Waals surface area (Å²) >= 11 is 2.38. The molecule has 1 heteroatoms. The van der Waals surface area contributed by atoms with Crippen LogP contribution >= 0.6 is 22.6 Å². The van der Waals surface area contributed by atoms with Gasteiger partial charge < -0.3 is 0 Å². The van der Waals surface area contributed by atoms with Crippen LogP contribution in [-0.2, 0) is 0 Å². The first-order chi connectivity index (χ1) is 6.79. The SMILES string of the molecule is Cc1ccccc1-c1ccccc1I. The molecule has 0 N–H and O–H groups in total. The summed E-state index contributed by atoms with van der Waals surface area (Å²) in [6.07, 6.45) is 0. The zero-order valence-corrected chi connectivity index (χ0v) is 10.2. The minimum Gasteiger partial charge on any atom is -0.0620 e. The molecule has 0 fully saturated rings. The molecule has 0 saturated carbocycles.